The molecule has 2 atom stereocenters. The Hall–Kier alpha value is -7.92. The van der Waals surface area contributed by atoms with Crippen molar-refractivity contribution in [3.63, 3.8) is 0 Å². The number of carboxylic acids is 2. The zero-order valence-electron chi connectivity index (χ0n) is 56.7. The first-order valence-corrected chi connectivity index (χ1v) is 33.2. The quantitative estimate of drug-likeness (QED) is 0.0212. The highest BCUT2D eigenvalue weighted by Gasteiger charge is 2.46. The summed E-state index contributed by atoms with van der Waals surface area (Å²) in [6.07, 6.45) is 10.8. The zero-order chi connectivity index (χ0) is 67.8. The molecule has 0 radical (unpaired) electrons. The molecule has 96 heavy (non-hydrogen) atoms. The summed E-state index contributed by atoms with van der Waals surface area (Å²) >= 11 is 0. The van der Waals surface area contributed by atoms with Crippen LogP contribution in [0.15, 0.2) is 133 Å². The molecular weight excluding hydrogens is 1230 g/mol. The lowest BCUT2D eigenvalue weighted by Crippen LogP contribution is -2.38. The van der Waals surface area contributed by atoms with E-state index < -0.39 is 11.9 Å². The largest absolute Gasteiger partial charge is 0.496 e. The van der Waals surface area contributed by atoms with Crippen molar-refractivity contribution in [3.05, 3.63) is 178 Å². The van der Waals surface area contributed by atoms with Crippen LogP contribution in [0.5, 0.6) is 46.0 Å². The second kappa shape index (κ2) is 39.3. The molecule has 0 bridgehead atoms. The number of hydrogen-bond donors (Lipinski definition) is 4. The number of hydrogen-bond acceptors (Lipinski definition) is 18. The Labute approximate surface area is 565 Å². The van der Waals surface area contributed by atoms with Crippen LogP contribution in [-0.4, -0.2) is 144 Å². The van der Waals surface area contributed by atoms with Gasteiger partial charge >= 0.3 is 11.9 Å². The molecule has 520 valence electrons. The van der Waals surface area contributed by atoms with Gasteiger partial charge in [-0.05, 0) is 159 Å². The molecule has 20 nitrogen and oxygen atoms in total. The van der Waals surface area contributed by atoms with Crippen molar-refractivity contribution in [3.8, 4) is 46.0 Å². The summed E-state index contributed by atoms with van der Waals surface area (Å²) in [5.41, 5.74) is 9.82. The minimum Gasteiger partial charge on any atom is -0.496 e. The number of aliphatic carboxylic acids is 2. The Morgan fingerprint density at radius 1 is 0.427 bits per heavy atom. The molecule has 0 saturated carbocycles. The average Bonchev–Trinajstić information content (AvgIpc) is 1.60. The van der Waals surface area contributed by atoms with E-state index in [1.54, 1.807) is 42.7 Å². The Bertz CT molecular complexity index is 3140. The van der Waals surface area contributed by atoms with E-state index in [1.165, 1.54) is 22.3 Å². The lowest BCUT2D eigenvalue weighted by atomic mass is 9.74. The van der Waals surface area contributed by atoms with Gasteiger partial charge in [0.1, 0.15) is 23.0 Å². The molecule has 2 spiro atoms. The van der Waals surface area contributed by atoms with Gasteiger partial charge in [0.15, 0.2) is 23.0 Å². The maximum absolute atomic E-state index is 9.55. The molecule has 4 aliphatic rings. The van der Waals surface area contributed by atoms with Crippen molar-refractivity contribution >= 4 is 11.9 Å². The van der Waals surface area contributed by atoms with Crippen LogP contribution in [0.4, 0.5) is 0 Å². The van der Waals surface area contributed by atoms with Crippen LogP contribution in [0.3, 0.4) is 0 Å². The molecular formula is C76H98N2O18. The van der Waals surface area contributed by atoms with Gasteiger partial charge in [-0.1, -0.05) is 60.7 Å². The van der Waals surface area contributed by atoms with E-state index in [9.17, 15) is 9.59 Å². The fourth-order valence-corrected chi connectivity index (χ4v) is 12.8. The van der Waals surface area contributed by atoms with Crippen LogP contribution in [0, 0.1) is 0 Å². The van der Waals surface area contributed by atoms with Gasteiger partial charge in [0.05, 0.1) is 107 Å². The van der Waals surface area contributed by atoms with Crippen molar-refractivity contribution in [2.24, 2.45) is 0 Å². The third-order valence-corrected chi connectivity index (χ3v) is 17.7. The van der Waals surface area contributed by atoms with Crippen LogP contribution in [0.25, 0.3) is 0 Å². The third-order valence-electron chi connectivity index (χ3n) is 17.7. The minimum atomic E-state index is -1.26. The fraction of sp³-hybridized carbons (Fsp3) is 0.474. The molecule has 0 aromatic heterocycles. The highest BCUT2D eigenvalue weighted by molar-refractivity contribution is 5.89. The maximum atomic E-state index is 9.55. The van der Waals surface area contributed by atoms with Crippen molar-refractivity contribution in [1.82, 2.24) is 10.6 Å². The van der Waals surface area contributed by atoms with Crippen molar-refractivity contribution < 1.29 is 86.1 Å². The molecule has 2 fully saturated rings. The van der Waals surface area contributed by atoms with Gasteiger partial charge < -0.3 is 87.2 Å². The first-order chi connectivity index (χ1) is 46.9. The highest BCUT2D eigenvalue weighted by atomic mass is 16.5. The van der Waals surface area contributed by atoms with Crippen molar-refractivity contribution in [2.45, 2.75) is 114 Å². The van der Waals surface area contributed by atoms with Crippen molar-refractivity contribution in [1.29, 1.82) is 0 Å². The number of fused-ring (bicyclic) bond motifs is 4. The molecule has 10 rings (SSSR count). The molecule has 2 heterocycles. The van der Waals surface area contributed by atoms with Crippen LogP contribution >= 0.6 is 0 Å². The minimum absolute atomic E-state index is 0.00371. The summed E-state index contributed by atoms with van der Waals surface area (Å²) in [7, 11) is 10.1. The molecule has 4 N–H and O–H groups in total. The second-order valence-corrected chi connectivity index (χ2v) is 24.1. The van der Waals surface area contributed by atoms with Gasteiger partial charge in [0, 0.05) is 87.2 Å². The summed E-state index contributed by atoms with van der Waals surface area (Å²) in [6, 6.07) is 41.1. The SMILES string of the molecule is COCCCOc1cc(CO[C@@H]2CC3(CCNCC3)c3ccc(OCCCOCc4ccccc4OC)cc32)ccc1OC.COCCCOc1cc(CO[C@@H]2CC3(CCNCC3)c3ccc(OCCCOCc4ccccc4OC)cc32)ccc1OC.O=C(O)/C=C/C(=O)O. The van der Waals surface area contributed by atoms with Gasteiger partial charge in [0.2, 0.25) is 0 Å². The number of rotatable bonds is 36. The summed E-state index contributed by atoms with van der Waals surface area (Å²) in [4.78, 5) is 19.1. The summed E-state index contributed by atoms with van der Waals surface area (Å²) in [6.45, 7) is 11.0. The molecule has 20 heteroatoms. The number of nitrogens with one attached hydrogen (secondary N) is 2. The molecule has 6 aromatic carbocycles. The molecule has 0 unspecified atom stereocenters. The Balaban J connectivity index is 0.000000220. The predicted octanol–water partition coefficient (Wildman–Crippen LogP) is 12.5. The average molecular weight is 1330 g/mol. The summed E-state index contributed by atoms with van der Waals surface area (Å²) in [5, 5.41) is 22.7. The standard InChI is InChI=1S/2C36H47NO7.C4H4O4/c2*1-38-18-6-21-43-34-22-27(10-13-33(34)40-3)25-44-35-24-36(14-16-37-17-15-36)31-12-11-29(23-30(31)35)42-20-7-19-41-26-28-8-4-5-9-32(28)39-2;5-3(6)1-2-4(7)8/h2*4-5,8-13,22-23,35,37H,6-7,14-21,24-26H2,1-3H3;1-2H,(H,5,6)(H,7,8)/b;;2-1+/t2*35-;/m11./s1. The predicted molar refractivity (Wildman–Crippen MR) is 365 cm³/mol. The number of ether oxygens (including phenoxy) is 14. The topological polar surface area (TPSA) is 228 Å². The van der Waals surface area contributed by atoms with E-state index in [0.717, 1.165) is 159 Å². The van der Waals surface area contributed by atoms with Crippen LogP contribution < -0.4 is 48.5 Å². The Morgan fingerprint density at radius 2 is 0.812 bits per heavy atom. The first kappa shape index (κ1) is 73.9. The smallest absolute Gasteiger partial charge is 0.328 e. The van der Waals surface area contributed by atoms with E-state index in [-0.39, 0.29) is 23.0 Å². The van der Waals surface area contributed by atoms with Crippen LogP contribution in [0.2, 0.25) is 0 Å². The van der Waals surface area contributed by atoms with E-state index in [0.29, 0.717) is 91.4 Å². The molecule has 2 aliphatic carbocycles. The first-order valence-electron chi connectivity index (χ1n) is 33.2. The fourth-order valence-electron chi connectivity index (χ4n) is 12.8. The summed E-state index contributed by atoms with van der Waals surface area (Å²) < 4.78 is 81.7. The van der Waals surface area contributed by atoms with Gasteiger partial charge in [-0.3, -0.25) is 0 Å². The van der Waals surface area contributed by atoms with Gasteiger partial charge in [-0.15, -0.1) is 0 Å². The normalized spacial score (nSPS) is 16.3. The number of carbonyl (C=O) groups is 2. The lowest BCUT2D eigenvalue weighted by molar-refractivity contribution is -0.134. The van der Waals surface area contributed by atoms with Gasteiger partial charge in [-0.2, -0.15) is 0 Å². The third kappa shape index (κ3) is 21.8. The Kier molecular flexibility index (Phi) is 30.3. The van der Waals surface area contributed by atoms with Crippen LogP contribution in [0.1, 0.15) is 121 Å². The van der Waals surface area contributed by atoms with E-state index >= 15 is 0 Å². The maximum Gasteiger partial charge on any atom is 0.328 e. The summed E-state index contributed by atoms with van der Waals surface area (Å²) in [5.74, 6) is 3.85. The number of carboxylic acid groups (broad SMARTS) is 2. The van der Waals surface area contributed by atoms with Crippen LogP contribution in [-0.2, 0) is 75.3 Å². The monoisotopic (exact) mass is 1330 g/mol. The van der Waals surface area contributed by atoms with Crippen molar-refractivity contribution in [2.75, 3.05) is 122 Å². The number of methoxy groups -OCH3 is 6. The van der Waals surface area contributed by atoms with Gasteiger partial charge in [-0.25, -0.2) is 9.59 Å². The van der Waals surface area contributed by atoms with Gasteiger partial charge in [0.25, 0.3) is 0 Å². The zero-order valence-corrected chi connectivity index (χ0v) is 56.7. The second-order valence-electron chi connectivity index (χ2n) is 24.1. The van der Waals surface area contributed by atoms with E-state index in [1.807, 2.05) is 84.9 Å². The molecule has 6 aromatic rings. The number of benzene rings is 6. The number of para-hydroxylation sites is 2. The van der Waals surface area contributed by atoms with E-state index in [2.05, 4.69) is 47.0 Å². The molecule has 0 amide bonds. The van der Waals surface area contributed by atoms with E-state index in [4.69, 9.17) is 76.5 Å². The Morgan fingerprint density at radius 3 is 1.20 bits per heavy atom. The molecule has 2 aliphatic heterocycles. The lowest BCUT2D eigenvalue weighted by Gasteiger charge is -2.35. The number of piperidine rings is 2. The highest BCUT2D eigenvalue weighted by Crippen LogP contribution is 2.54. The molecule has 2 saturated heterocycles.